The van der Waals surface area contributed by atoms with Crippen LogP contribution in [-0.4, -0.2) is 29.4 Å². The first-order chi connectivity index (χ1) is 12.4. The minimum absolute atomic E-state index is 0. The maximum absolute atomic E-state index is 11.5. The molecule has 2 atom stereocenters. The Bertz CT molecular complexity index is 401. The fraction of sp³-hybridized carbons (Fsp3) is 1.00. The average Bonchev–Trinajstić information content (AvgIpc) is 2.57. The van der Waals surface area contributed by atoms with E-state index in [9.17, 15) is 18.1 Å². The molecule has 1 N–H and O–H groups in total. The number of aliphatic hydroxyl groups is 1. The van der Waals surface area contributed by atoms with Gasteiger partial charge in [0.25, 0.3) is 0 Å². The van der Waals surface area contributed by atoms with Gasteiger partial charge in [0.15, 0.2) is 0 Å². The third-order valence-corrected chi connectivity index (χ3v) is 6.51. The van der Waals surface area contributed by atoms with Crippen LogP contribution in [0.3, 0.4) is 0 Å². The second kappa shape index (κ2) is 20.8. The summed E-state index contributed by atoms with van der Waals surface area (Å²) in [5.41, 5.74) is 0. The van der Waals surface area contributed by atoms with Gasteiger partial charge in [-0.15, -0.1) is 0 Å². The van der Waals surface area contributed by atoms with Crippen LogP contribution in [0.5, 0.6) is 0 Å². The molecule has 0 aliphatic rings. The summed E-state index contributed by atoms with van der Waals surface area (Å²) in [5, 5.41) is 8.97. The van der Waals surface area contributed by atoms with E-state index in [-0.39, 0.29) is 57.5 Å². The first-order valence-corrected chi connectivity index (χ1v) is 12.5. The van der Waals surface area contributed by atoms with Crippen LogP contribution in [-0.2, 0) is 10.1 Å². The molecule has 6 heteroatoms. The van der Waals surface area contributed by atoms with Crippen LogP contribution in [0.4, 0.5) is 0 Å². The summed E-state index contributed by atoms with van der Waals surface area (Å²) < 4.78 is 34.4. The summed E-state index contributed by atoms with van der Waals surface area (Å²) in [6.07, 6.45) is 16.6. The average molecular weight is 431 g/mol. The first kappa shape index (κ1) is 30.7. The summed E-state index contributed by atoms with van der Waals surface area (Å²) in [7, 11) is -4.18. The zero-order valence-corrected chi connectivity index (χ0v) is 22.2. The zero-order valence-electron chi connectivity index (χ0n) is 18.3. The van der Waals surface area contributed by atoms with Crippen LogP contribution in [0, 0.1) is 0 Å². The number of aliphatic hydroxyl groups excluding tert-OH is 1. The van der Waals surface area contributed by atoms with Crippen LogP contribution in [0.25, 0.3) is 0 Å². The van der Waals surface area contributed by atoms with E-state index in [4.69, 9.17) is 0 Å². The minimum atomic E-state index is -4.18. The van der Waals surface area contributed by atoms with Crippen molar-refractivity contribution < 1.29 is 69.5 Å². The Morgan fingerprint density at radius 2 is 1.07 bits per heavy atom. The Morgan fingerprint density at radius 1 is 0.667 bits per heavy atom. The van der Waals surface area contributed by atoms with Crippen molar-refractivity contribution in [3.63, 3.8) is 0 Å². The second-order valence-corrected chi connectivity index (χ2v) is 9.46. The molecule has 0 aromatic carbocycles. The van der Waals surface area contributed by atoms with E-state index >= 15 is 0 Å². The molecule has 2 unspecified atom stereocenters. The van der Waals surface area contributed by atoms with Crippen LogP contribution in [0.15, 0.2) is 0 Å². The number of hydrogen-bond acceptors (Lipinski definition) is 4. The van der Waals surface area contributed by atoms with Gasteiger partial charge in [-0.2, -0.15) is 0 Å². The van der Waals surface area contributed by atoms with Crippen molar-refractivity contribution in [3.8, 4) is 0 Å². The molecule has 4 nitrogen and oxygen atoms in total. The molecule has 27 heavy (non-hydrogen) atoms. The molecule has 0 saturated carbocycles. The van der Waals surface area contributed by atoms with Crippen LogP contribution in [0.2, 0.25) is 0 Å². The maximum Gasteiger partial charge on any atom is 1.00 e. The monoisotopic (exact) mass is 430 g/mol. The van der Waals surface area contributed by atoms with E-state index in [2.05, 4.69) is 13.8 Å². The third kappa shape index (κ3) is 20.6. The van der Waals surface area contributed by atoms with Gasteiger partial charge in [-0.3, -0.25) is 0 Å². The summed E-state index contributed by atoms with van der Waals surface area (Å²) >= 11 is 0. The van der Waals surface area contributed by atoms with Crippen molar-refractivity contribution in [1.29, 1.82) is 0 Å². The predicted molar refractivity (Wildman–Crippen MR) is 109 cm³/mol. The molecular weight excluding hydrogens is 387 g/mol. The quantitative estimate of drug-likeness (QED) is 0.194. The third-order valence-electron chi connectivity index (χ3n) is 5.22. The van der Waals surface area contributed by atoms with Crippen LogP contribution in [0.1, 0.15) is 123 Å². The van der Waals surface area contributed by atoms with E-state index < -0.39 is 15.4 Å². The molecule has 0 spiro atoms. The van der Waals surface area contributed by atoms with Crippen molar-refractivity contribution in [2.45, 2.75) is 134 Å². The van der Waals surface area contributed by atoms with Crippen molar-refractivity contribution >= 4 is 10.1 Å². The van der Waals surface area contributed by atoms with Gasteiger partial charge in [-0.1, -0.05) is 97.3 Å². The Hall–Kier alpha value is 1.51. The van der Waals surface area contributed by atoms with E-state index in [1.54, 1.807) is 0 Å². The van der Waals surface area contributed by atoms with Gasteiger partial charge in [-0.05, 0) is 25.7 Å². The van der Waals surface area contributed by atoms with Crippen molar-refractivity contribution in [1.82, 2.24) is 0 Å². The smallest absolute Gasteiger partial charge is 0.748 e. The maximum atomic E-state index is 11.5. The zero-order chi connectivity index (χ0) is 19.7. The molecule has 0 aromatic heterocycles. The fourth-order valence-corrected chi connectivity index (χ4v) is 4.43. The Balaban J connectivity index is 0. The summed E-state index contributed by atoms with van der Waals surface area (Å²) in [6, 6.07) is 0. The molecule has 0 aliphatic heterocycles. The summed E-state index contributed by atoms with van der Waals surface area (Å²) in [5.74, 6) is 0. The molecule has 0 fully saturated rings. The van der Waals surface area contributed by atoms with Gasteiger partial charge in [0.2, 0.25) is 0 Å². The first-order valence-electron chi connectivity index (χ1n) is 11.0. The Labute approximate surface area is 211 Å². The van der Waals surface area contributed by atoms with E-state index in [1.807, 2.05) is 0 Å². The molecule has 0 saturated heterocycles. The molecule has 0 radical (unpaired) electrons. The van der Waals surface area contributed by atoms with Gasteiger partial charge in [-0.25, -0.2) is 8.42 Å². The predicted octanol–water partition coefficient (Wildman–Crippen LogP) is 2.94. The Morgan fingerprint density at radius 3 is 1.52 bits per heavy atom. The fourth-order valence-electron chi connectivity index (χ4n) is 3.52. The van der Waals surface area contributed by atoms with Crippen molar-refractivity contribution in [2.75, 3.05) is 0 Å². The number of hydrogen-bond donors (Lipinski definition) is 1. The van der Waals surface area contributed by atoms with Crippen LogP contribution >= 0.6 is 0 Å². The number of rotatable bonds is 19. The van der Waals surface area contributed by atoms with Gasteiger partial charge in [0, 0.05) is 5.25 Å². The van der Waals surface area contributed by atoms with Gasteiger partial charge >= 0.3 is 51.4 Å². The second-order valence-electron chi connectivity index (χ2n) is 7.81. The summed E-state index contributed by atoms with van der Waals surface area (Å²) in [6.45, 7) is 4.27. The molecule has 0 bridgehead atoms. The largest absolute Gasteiger partial charge is 1.00 e. The molecular formula is C21H43KO4S. The van der Waals surface area contributed by atoms with Gasteiger partial charge < -0.3 is 9.66 Å². The normalized spacial score (nSPS) is 13.9. The molecule has 0 rings (SSSR count). The van der Waals surface area contributed by atoms with Gasteiger partial charge in [0.05, 0.1) is 16.2 Å². The van der Waals surface area contributed by atoms with Crippen molar-refractivity contribution in [3.05, 3.63) is 0 Å². The van der Waals surface area contributed by atoms with Gasteiger partial charge in [0.1, 0.15) is 0 Å². The molecule has 0 heterocycles. The summed E-state index contributed by atoms with van der Waals surface area (Å²) in [4.78, 5) is 0. The SMILES string of the molecule is CCCCCCCCCCCC(CCCCCC(O)CCC)S(=O)(=O)[O-].[K+]. The topological polar surface area (TPSA) is 77.4 Å². The molecule has 0 amide bonds. The van der Waals surface area contributed by atoms with E-state index in [1.165, 1.54) is 38.5 Å². The number of unbranched alkanes of at least 4 members (excludes halogenated alkanes) is 10. The molecule has 0 aliphatic carbocycles. The standard InChI is InChI=1S/C21H44O4S.K/c1-3-5-6-7-8-9-10-11-14-18-21(26(23,24)25)19-15-12-13-17-20(22)16-4-2;/h20-22H,3-19H2,1-2H3,(H,23,24,25);/q;+1/p-1. The van der Waals surface area contributed by atoms with E-state index in [0.717, 1.165) is 57.8 Å². The van der Waals surface area contributed by atoms with Crippen LogP contribution < -0.4 is 51.4 Å². The Kier molecular flexibility index (Phi) is 23.6. The van der Waals surface area contributed by atoms with E-state index in [0.29, 0.717) is 12.8 Å². The van der Waals surface area contributed by atoms with Crippen molar-refractivity contribution in [2.24, 2.45) is 0 Å². The molecule has 158 valence electrons. The molecule has 0 aromatic rings. The minimum Gasteiger partial charge on any atom is -0.748 e.